The van der Waals surface area contributed by atoms with Crippen LogP contribution in [0.3, 0.4) is 0 Å². The molecular weight excluding hydrogens is 368 g/mol. The maximum atomic E-state index is 12.5. The van der Waals surface area contributed by atoms with Crippen LogP contribution in [0.25, 0.3) is 16.2 Å². The van der Waals surface area contributed by atoms with Gasteiger partial charge >= 0.3 is 0 Å². The molecule has 0 radical (unpaired) electrons. The standard InChI is InChI=1S/C18H14N4O2S2/c1-10-3-4-12(7-11(10)2)14-9-26-17(20-14)21-15(23)13-8-19-18-22(16(13)24)5-6-25-18/h3-9H,1-2H3,(H,20,21,23). The van der Waals surface area contributed by atoms with Gasteiger partial charge in [-0.05, 0) is 31.0 Å². The molecule has 8 heteroatoms. The third kappa shape index (κ3) is 2.93. The van der Waals surface area contributed by atoms with Crippen LogP contribution in [0.1, 0.15) is 21.5 Å². The number of anilines is 1. The number of aromatic nitrogens is 3. The highest BCUT2D eigenvalue weighted by Crippen LogP contribution is 2.26. The third-order valence-electron chi connectivity index (χ3n) is 4.11. The van der Waals surface area contributed by atoms with Crippen LogP contribution in [0, 0.1) is 13.8 Å². The quantitative estimate of drug-likeness (QED) is 0.585. The van der Waals surface area contributed by atoms with Crippen LogP contribution < -0.4 is 10.9 Å². The molecule has 0 atom stereocenters. The average Bonchev–Trinajstić information content (AvgIpc) is 3.27. The van der Waals surface area contributed by atoms with Gasteiger partial charge in [-0.25, -0.2) is 9.97 Å². The topological polar surface area (TPSA) is 76.4 Å². The van der Waals surface area contributed by atoms with Crippen molar-refractivity contribution in [1.29, 1.82) is 0 Å². The smallest absolute Gasteiger partial charge is 0.271 e. The zero-order valence-electron chi connectivity index (χ0n) is 14.0. The molecule has 130 valence electrons. The summed E-state index contributed by atoms with van der Waals surface area (Å²) in [6, 6.07) is 6.12. The highest BCUT2D eigenvalue weighted by molar-refractivity contribution is 7.15. The minimum atomic E-state index is -0.510. The van der Waals surface area contributed by atoms with Gasteiger partial charge in [-0.2, -0.15) is 0 Å². The number of amides is 1. The summed E-state index contributed by atoms with van der Waals surface area (Å²) in [6.07, 6.45) is 2.91. The molecule has 1 N–H and O–H groups in total. The Morgan fingerprint density at radius 3 is 2.85 bits per heavy atom. The van der Waals surface area contributed by atoms with Crippen LogP contribution in [0.5, 0.6) is 0 Å². The van der Waals surface area contributed by atoms with E-state index in [4.69, 9.17) is 0 Å². The lowest BCUT2D eigenvalue weighted by molar-refractivity contribution is 0.102. The molecule has 6 nitrogen and oxygen atoms in total. The first kappa shape index (κ1) is 16.6. The van der Waals surface area contributed by atoms with E-state index >= 15 is 0 Å². The fraction of sp³-hybridized carbons (Fsp3) is 0.111. The normalized spacial score (nSPS) is 11.0. The summed E-state index contributed by atoms with van der Waals surface area (Å²) < 4.78 is 1.36. The molecule has 1 aromatic carbocycles. The second-order valence-electron chi connectivity index (χ2n) is 5.82. The minimum absolute atomic E-state index is 0.0103. The molecule has 26 heavy (non-hydrogen) atoms. The Morgan fingerprint density at radius 1 is 1.19 bits per heavy atom. The van der Waals surface area contributed by atoms with E-state index in [-0.39, 0.29) is 11.1 Å². The Morgan fingerprint density at radius 2 is 2.04 bits per heavy atom. The van der Waals surface area contributed by atoms with Gasteiger partial charge in [0.1, 0.15) is 5.56 Å². The van der Waals surface area contributed by atoms with Crippen molar-refractivity contribution >= 4 is 38.7 Å². The molecule has 0 aliphatic heterocycles. The van der Waals surface area contributed by atoms with Gasteiger partial charge in [-0.15, -0.1) is 22.7 Å². The summed E-state index contributed by atoms with van der Waals surface area (Å²) in [5.74, 6) is -0.510. The van der Waals surface area contributed by atoms with Gasteiger partial charge in [0.15, 0.2) is 10.1 Å². The lowest BCUT2D eigenvalue weighted by Gasteiger charge is -2.03. The van der Waals surface area contributed by atoms with Gasteiger partial charge in [0.25, 0.3) is 11.5 Å². The lowest BCUT2D eigenvalue weighted by atomic mass is 10.1. The largest absolute Gasteiger partial charge is 0.298 e. The Balaban J connectivity index is 1.60. The highest BCUT2D eigenvalue weighted by Gasteiger charge is 2.16. The average molecular weight is 382 g/mol. The number of carbonyl (C=O) groups excluding carboxylic acids is 1. The van der Waals surface area contributed by atoms with Crippen LogP contribution in [-0.4, -0.2) is 20.3 Å². The second kappa shape index (κ2) is 6.47. The third-order valence-corrected chi connectivity index (χ3v) is 5.64. The zero-order chi connectivity index (χ0) is 18.3. The molecule has 0 spiro atoms. The maximum absolute atomic E-state index is 12.5. The number of carbonyl (C=O) groups is 1. The number of nitrogens with one attached hydrogen (secondary N) is 1. The van der Waals surface area contributed by atoms with E-state index in [1.807, 2.05) is 17.5 Å². The van der Waals surface area contributed by atoms with E-state index in [9.17, 15) is 9.59 Å². The highest BCUT2D eigenvalue weighted by atomic mass is 32.1. The summed E-state index contributed by atoms with van der Waals surface area (Å²) >= 11 is 2.66. The van der Waals surface area contributed by atoms with E-state index in [0.717, 1.165) is 11.3 Å². The number of rotatable bonds is 3. The van der Waals surface area contributed by atoms with Crippen molar-refractivity contribution in [2.75, 3.05) is 5.32 Å². The monoisotopic (exact) mass is 382 g/mol. The maximum Gasteiger partial charge on any atom is 0.271 e. The second-order valence-corrected chi connectivity index (χ2v) is 7.55. The van der Waals surface area contributed by atoms with Crippen LogP contribution in [0.15, 0.2) is 46.1 Å². The Kier molecular flexibility index (Phi) is 4.14. The Bertz CT molecular complexity index is 1190. The molecule has 0 fully saturated rings. The number of benzene rings is 1. The summed E-state index contributed by atoms with van der Waals surface area (Å²) in [5.41, 5.74) is 3.78. The molecule has 4 rings (SSSR count). The molecule has 0 bridgehead atoms. The van der Waals surface area contributed by atoms with Crippen LogP contribution in [-0.2, 0) is 0 Å². The molecule has 0 saturated carbocycles. The van der Waals surface area contributed by atoms with Gasteiger partial charge in [0.2, 0.25) is 0 Å². The van der Waals surface area contributed by atoms with Crippen LogP contribution >= 0.6 is 22.7 Å². The Hall–Kier alpha value is -2.84. The molecule has 3 aromatic heterocycles. The summed E-state index contributed by atoms with van der Waals surface area (Å²) in [7, 11) is 0. The Labute approximate surface area is 156 Å². The van der Waals surface area contributed by atoms with E-state index in [1.54, 1.807) is 11.6 Å². The molecule has 0 saturated heterocycles. The SMILES string of the molecule is Cc1ccc(-c2csc(NC(=O)c3cnc4sccn4c3=O)n2)cc1C. The van der Waals surface area contributed by atoms with E-state index in [0.29, 0.717) is 10.1 Å². The number of hydrogen-bond donors (Lipinski definition) is 1. The van der Waals surface area contributed by atoms with Crippen molar-refractivity contribution in [2.24, 2.45) is 0 Å². The van der Waals surface area contributed by atoms with Crippen molar-refractivity contribution < 1.29 is 4.79 Å². The molecule has 0 aliphatic rings. The lowest BCUT2D eigenvalue weighted by Crippen LogP contribution is -2.25. The van der Waals surface area contributed by atoms with Gasteiger partial charge in [0.05, 0.1) is 5.69 Å². The first-order valence-electron chi connectivity index (χ1n) is 7.82. The number of fused-ring (bicyclic) bond motifs is 1. The predicted molar refractivity (Wildman–Crippen MR) is 104 cm³/mol. The van der Waals surface area contributed by atoms with E-state index in [2.05, 4.69) is 35.2 Å². The zero-order valence-corrected chi connectivity index (χ0v) is 15.6. The van der Waals surface area contributed by atoms with Gasteiger partial charge in [-0.3, -0.25) is 19.3 Å². The van der Waals surface area contributed by atoms with Crippen molar-refractivity contribution in [3.8, 4) is 11.3 Å². The number of thiazole rings is 2. The molecule has 3 heterocycles. The predicted octanol–water partition coefficient (Wildman–Crippen LogP) is 3.75. The van der Waals surface area contributed by atoms with Gasteiger partial charge in [-0.1, -0.05) is 12.1 Å². The van der Waals surface area contributed by atoms with Crippen molar-refractivity contribution in [3.63, 3.8) is 0 Å². The molecule has 1 amide bonds. The molecule has 0 aliphatic carbocycles. The van der Waals surface area contributed by atoms with Gasteiger partial charge < -0.3 is 0 Å². The van der Waals surface area contributed by atoms with Crippen molar-refractivity contribution in [1.82, 2.24) is 14.4 Å². The molecule has 0 unspecified atom stereocenters. The summed E-state index contributed by atoms with van der Waals surface area (Å²) in [5, 5.41) is 6.77. The molecule has 4 aromatic rings. The van der Waals surface area contributed by atoms with Crippen molar-refractivity contribution in [3.05, 3.63) is 68.4 Å². The number of nitrogens with zero attached hydrogens (tertiary/aromatic N) is 3. The summed E-state index contributed by atoms with van der Waals surface area (Å²) in [4.78, 5) is 34.0. The fourth-order valence-electron chi connectivity index (χ4n) is 2.51. The molecular formula is C18H14N4O2S2. The first-order valence-corrected chi connectivity index (χ1v) is 9.58. The number of hydrogen-bond acceptors (Lipinski definition) is 6. The van der Waals surface area contributed by atoms with Crippen LogP contribution in [0.2, 0.25) is 0 Å². The number of aryl methyl sites for hydroxylation is 2. The summed E-state index contributed by atoms with van der Waals surface area (Å²) in [6.45, 7) is 4.11. The van der Waals surface area contributed by atoms with E-state index < -0.39 is 5.91 Å². The minimum Gasteiger partial charge on any atom is -0.298 e. The van der Waals surface area contributed by atoms with Crippen LogP contribution in [0.4, 0.5) is 5.13 Å². The van der Waals surface area contributed by atoms with Crippen molar-refractivity contribution in [2.45, 2.75) is 13.8 Å². The van der Waals surface area contributed by atoms with E-state index in [1.165, 1.54) is 44.4 Å². The first-order chi connectivity index (χ1) is 12.5. The fourth-order valence-corrected chi connectivity index (χ4v) is 3.90. The van der Waals surface area contributed by atoms with Gasteiger partial charge in [0, 0.05) is 28.7 Å².